The summed E-state index contributed by atoms with van der Waals surface area (Å²) in [6, 6.07) is 10.7. The van der Waals surface area contributed by atoms with Gasteiger partial charge in [0.2, 0.25) is 5.91 Å². The van der Waals surface area contributed by atoms with E-state index in [0.29, 0.717) is 29.6 Å². The number of nitrogens with one attached hydrogen (secondary N) is 1. The number of carbonyl (C=O) groups is 4. The summed E-state index contributed by atoms with van der Waals surface area (Å²) in [7, 11) is 0. The molecule has 32 heavy (non-hydrogen) atoms. The van der Waals surface area contributed by atoms with Crippen LogP contribution < -0.4 is 10.2 Å². The average molecular weight is 474 g/mol. The van der Waals surface area contributed by atoms with E-state index in [1.54, 1.807) is 29.2 Å². The lowest BCUT2D eigenvalue weighted by Gasteiger charge is -2.15. The van der Waals surface area contributed by atoms with Gasteiger partial charge in [0.1, 0.15) is 12.4 Å². The minimum absolute atomic E-state index is 0.00341. The van der Waals surface area contributed by atoms with Crippen LogP contribution in [-0.4, -0.2) is 41.0 Å². The summed E-state index contributed by atoms with van der Waals surface area (Å²) in [6.45, 7) is 1.87. The summed E-state index contributed by atoms with van der Waals surface area (Å²) in [6.07, 6.45) is 0.725. The van der Waals surface area contributed by atoms with E-state index in [-0.39, 0.29) is 27.1 Å². The maximum absolute atomic E-state index is 13.3. The van der Waals surface area contributed by atoms with Gasteiger partial charge in [0.25, 0.3) is 17.1 Å². The van der Waals surface area contributed by atoms with Crippen LogP contribution in [0.5, 0.6) is 0 Å². The lowest BCUT2D eigenvalue weighted by atomic mass is 10.1. The van der Waals surface area contributed by atoms with Crippen LogP contribution in [0.15, 0.2) is 47.4 Å². The summed E-state index contributed by atoms with van der Waals surface area (Å²) >= 11 is 6.34. The Labute approximate surface area is 192 Å². The summed E-state index contributed by atoms with van der Waals surface area (Å²) in [5.41, 5.74) is 1.67. The van der Waals surface area contributed by atoms with Crippen LogP contribution in [0.4, 0.5) is 20.6 Å². The van der Waals surface area contributed by atoms with Crippen molar-refractivity contribution >= 4 is 63.3 Å². The summed E-state index contributed by atoms with van der Waals surface area (Å²) in [5, 5.41) is 1.65. The van der Waals surface area contributed by atoms with E-state index in [4.69, 9.17) is 11.6 Å². The molecule has 2 aliphatic heterocycles. The number of para-hydroxylation sites is 1. The van der Waals surface area contributed by atoms with Gasteiger partial charge in [-0.05, 0) is 42.4 Å². The first-order valence-corrected chi connectivity index (χ1v) is 11.0. The van der Waals surface area contributed by atoms with E-state index < -0.39 is 29.4 Å². The fourth-order valence-electron chi connectivity index (χ4n) is 3.55. The molecule has 0 aromatic heterocycles. The average Bonchev–Trinajstić information content (AvgIpc) is 3.19. The monoisotopic (exact) mass is 473 g/mol. The van der Waals surface area contributed by atoms with E-state index in [1.807, 2.05) is 6.92 Å². The van der Waals surface area contributed by atoms with Crippen molar-refractivity contribution in [1.82, 2.24) is 4.90 Å². The SMILES string of the molecule is CCCN1C(=O)/C(=C2/SC(=O)N(CC(=O)Nc3ccc(F)c(Cl)c3)C2=O)c2ccccc21. The molecule has 10 heteroatoms. The zero-order chi connectivity index (χ0) is 23.0. The van der Waals surface area contributed by atoms with Crippen molar-refractivity contribution in [3.05, 3.63) is 63.8 Å². The van der Waals surface area contributed by atoms with Crippen LogP contribution in [0, 0.1) is 5.82 Å². The Morgan fingerprint density at radius 3 is 2.56 bits per heavy atom. The normalized spacial score (nSPS) is 17.9. The number of rotatable bonds is 5. The number of halogens is 2. The smallest absolute Gasteiger partial charge is 0.294 e. The van der Waals surface area contributed by atoms with Gasteiger partial charge in [-0.1, -0.05) is 36.7 Å². The van der Waals surface area contributed by atoms with Crippen molar-refractivity contribution in [1.29, 1.82) is 0 Å². The van der Waals surface area contributed by atoms with E-state index in [0.717, 1.165) is 17.4 Å². The molecule has 7 nitrogen and oxygen atoms in total. The number of nitrogens with zero attached hydrogens (tertiary/aromatic N) is 2. The first-order valence-electron chi connectivity index (χ1n) is 9.76. The van der Waals surface area contributed by atoms with Gasteiger partial charge in [-0.15, -0.1) is 0 Å². The van der Waals surface area contributed by atoms with E-state index in [1.165, 1.54) is 12.1 Å². The molecule has 0 atom stereocenters. The third-order valence-electron chi connectivity index (χ3n) is 4.95. The molecule has 0 saturated carbocycles. The minimum atomic E-state index is -0.705. The van der Waals surface area contributed by atoms with Crippen LogP contribution in [-0.2, 0) is 14.4 Å². The van der Waals surface area contributed by atoms with Crippen molar-refractivity contribution in [2.24, 2.45) is 0 Å². The standard InChI is InChI=1S/C22H17ClFN3O4S/c1-2-9-26-16-6-4-3-5-13(16)18(20(26)29)19-21(30)27(22(31)32-19)11-17(28)25-12-7-8-15(24)14(23)10-12/h3-8,10H,2,9,11H2,1H3,(H,25,28)/b19-18+. The highest BCUT2D eigenvalue weighted by Crippen LogP contribution is 2.44. The van der Waals surface area contributed by atoms with Crippen LogP contribution in [0.3, 0.4) is 0 Å². The van der Waals surface area contributed by atoms with Crippen LogP contribution in [0.2, 0.25) is 5.02 Å². The number of hydrogen-bond acceptors (Lipinski definition) is 5. The number of fused-ring (bicyclic) bond motifs is 1. The third-order valence-corrected chi connectivity index (χ3v) is 6.22. The third kappa shape index (κ3) is 3.89. The van der Waals surface area contributed by atoms with Gasteiger partial charge in [-0.3, -0.25) is 24.1 Å². The Bertz CT molecular complexity index is 1200. The molecule has 0 unspecified atom stereocenters. The molecule has 4 amide bonds. The first kappa shape index (κ1) is 22.0. The Hall–Kier alpha value is -3.17. The van der Waals surface area contributed by atoms with Gasteiger partial charge in [0.05, 0.1) is 21.2 Å². The number of imide groups is 1. The van der Waals surface area contributed by atoms with Crippen LogP contribution in [0.25, 0.3) is 5.57 Å². The van der Waals surface area contributed by atoms with Crippen molar-refractivity contribution in [3.8, 4) is 0 Å². The quantitative estimate of drug-likeness (QED) is 0.655. The highest BCUT2D eigenvalue weighted by molar-refractivity contribution is 8.18. The fraction of sp³-hybridized carbons (Fsp3) is 0.182. The first-order chi connectivity index (χ1) is 15.3. The van der Waals surface area contributed by atoms with Gasteiger partial charge in [0.15, 0.2) is 0 Å². The Balaban J connectivity index is 1.59. The van der Waals surface area contributed by atoms with Crippen LogP contribution in [0.1, 0.15) is 18.9 Å². The minimum Gasteiger partial charge on any atom is -0.324 e. The fourth-order valence-corrected chi connectivity index (χ4v) is 4.66. The van der Waals surface area contributed by atoms with Gasteiger partial charge in [0, 0.05) is 17.8 Å². The topological polar surface area (TPSA) is 86.8 Å². The van der Waals surface area contributed by atoms with Crippen LogP contribution >= 0.6 is 23.4 Å². The zero-order valence-corrected chi connectivity index (χ0v) is 18.4. The van der Waals surface area contributed by atoms with E-state index >= 15 is 0 Å². The number of amides is 4. The van der Waals surface area contributed by atoms with E-state index in [2.05, 4.69) is 5.32 Å². The predicted molar refractivity (Wildman–Crippen MR) is 121 cm³/mol. The number of benzene rings is 2. The molecule has 1 N–H and O–H groups in total. The van der Waals surface area contributed by atoms with Crippen molar-refractivity contribution in [3.63, 3.8) is 0 Å². The molecule has 1 saturated heterocycles. The Morgan fingerprint density at radius 1 is 1.09 bits per heavy atom. The molecule has 0 bridgehead atoms. The van der Waals surface area contributed by atoms with Gasteiger partial charge >= 0.3 is 0 Å². The number of hydrogen-bond donors (Lipinski definition) is 1. The molecular formula is C22H17ClFN3O4S. The molecule has 2 heterocycles. The molecule has 2 aromatic carbocycles. The lowest BCUT2D eigenvalue weighted by molar-refractivity contribution is -0.127. The number of anilines is 2. The largest absolute Gasteiger partial charge is 0.324 e. The molecule has 0 aliphatic carbocycles. The number of carbonyl (C=O) groups excluding carboxylic acids is 4. The zero-order valence-electron chi connectivity index (χ0n) is 16.9. The summed E-state index contributed by atoms with van der Waals surface area (Å²) in [5.74, 6) is -2.35. The number of thioether (sulfide) groups is 1. The van der Waals surface area contributed by atoms with Crippen molar-refractivity contribution in [2.45, 2.75) is 13.3 Å². The Kier molecular flexibility index (Phi) is 6.03. The van der Waals surface area contributed by atoms with Gasteiger partial charge in [-0.2, -0.15) is 0 Å². The summed E-state index contributed by atoms with van der Waals surface area (Å²) in [4.78, 5) is 53.4. The lowest BCUT2D eigenvalue weighted by Crippen LogP contribution is -2.36. The van der Waals surface area contributed by atoms with Crippen molar-refractivity contribution in [2.75, 3.05) is 23.3 Å². The molecule has 0 radical (unpaired) electrons. The van der Waals surface area contributed by atoms with Gasteiger partial charge in [-0.25, -0.2) is 4.39 Å². The molecule has 2 aromatic rings. The second kappa shape index (κ2) is 8.76. The second-order valence-electron chi connectivity index (χ2n) is 7.11. The predicted octanol–water partition coefficient (Wildman–Crippen LogP) is 4.28. The summed E-state index contributed by atoms with van der Waals surface area (Å²) < 4.78 is 13.3. The maximum atomic E-state index is 13.3. The van der Waals surface area contributed by atoms with E-state index in [9.17, 15) is 23.6 Å². The van der Waals surface area contributed by atoms with Gasteiger partial charge < -0.3 is 10.2 Å². The highest BCUT2D eigenvalue weighted by atomic mass is 35.5. The maximum Gasteiger partial charge on any atom is 0.294 e. The second-order valence-corrected chi connectivity index (χ2v) is 8.48. The highest BCUT2D eigenvalue weighted by Gasteiger charge is 2.43. The molecule has 1 fully saturated rings. The van der Waals surface area contributed by atoms with Crippen molar-refractivity contribution < 1.29 is 23.6 Å². The Morgan fingerprint density at radius 2 is 1.84 bits per heavy atom. The molecule has 4 rings (SSSR count). The molecule has 2 aliphatic rings. The molecule has 164 valence electrons. The molecule has 0 spiro atoms. The molecular weight excluding hydrogens is 457 g/mol.